The number of piperazine rings is 1. The SMILES string of the molecule is Cc1nn(-c2ccccc2)c(C)c1NC(=O)CN1CCNCC1c1cccnc1.Cl. The summed E-state index contributed by atoms with van der Waals surface area (Å²) < 4.78 is 1.87. The first-order chi connectivity index (χ1) is 14.1. The maximum atomic E-state index is 12.9. The van der Waals surface area contributed by atoms with E-state index in [9.17, 15) is 4.79 Å². The number of hydrogen-bond acceptors (Lipinski definition) is 5. The number of nitrogens with one attached hydrogen (secondary N) is 2. The van der Waals surface area contributed by atoms with Crippen LogP contribution in [-0.4, -0.2) is 51.8 Å². The molecule has 2 aromatic heterocycles. The Hall–Kier alpha value is -2.74. The van der Waals surface area contributed by atoms with Crippen molar-refractivity contribution < 1.29 is 4.79 Å². The molecule has 1 fully saturated rings. The third-order valence-corrected chi connectivity index (χ3v) is 5.33. The van der Waals surface area contributed by atoms with Crippen LogP contribution in [0.2, 0.25) is 0 Å². The Morgan fingerprint density at radius 2 is 2.00 bits per heavy atom. The van der Waals surface area contributed by atoms with E-state index < -0.39 is 0 Å². The summed E-state index contributed by atoms with van der Waals surface area (Å²) in [5, 5.41) is 11.1. The molecular formula is C22H27ClN6O. The molecule has 158 valence electrons. The van der Waals surface area contributed by atoms with Crippen molar-refractivity contribution >= 4 is 24.0 Å². The van der Waals surface area contributed by atoms with Crippen molar-refractivity contribution in [3.63, 3.8) is 0 Å². The van der Waals surface area contributed by atoms with Gasteiger partial charge < -0.3 is 10.6 Å². The van der Waals surface area contributed by atoms with Gasteiger partial charge in [0.15, 0.2) is 0 Å². The summed E-state index contributed by atoms with van der Waals surface area (Å²) in [5.41, 5.74) is 4.62. The van der Waals surface area contributed by atoms with E-state index in [-0.39, 0.29) is 24.4 Å². The van der Waals surface area contributed by atoms with Gasteiger partial charge in [0.2, 0.25) is 5.91 Å². The zero-order valence-electron chi connectivity index (χ0n) is 17.2. The molecule has 3 aromatic rings. The molecule has 1 amide bonds. The highest BCUT2D eigenvalue weighted by Gasteiger charge is 2.26. The summed E-state index contributed by atoms with van der Waals surface area (Å²) >= 11 is 0. The van der Waals surface area contributed by atoms with E-state index in [1.54, 1.807) is 6.20 Å². The standard InChI is InChI=1S/C22H26N6O.ClH/c1-16-22(17(2)28(26-16)19-8-4-3-5-9-19)25-21(29)15-27-12-11-24-14-20(27)18-7-6-10-23-13-18;/h3-10,13,20,24H,11-12,14-15H2,1-2H3,(H,25,29);1H. The third kappa shape index (κ3) is 4.70. The van der Waals surface area contributed by atoms with E-state index in [0.717, 1.165) is 48.0 Å². The molecule has 2 N–H and O–H groups in total. The van der Waals surface area contributed by atoms with Crippen LogP contribution in [0.25, 0.3) is 5.69 Å². The largest absolute Gasteiger partial charge is 0.322 e. The number of pyridine rings is 1. The minimum absolute atomic E-state index is 0. The van der Waals surface area contributed by atoms with E-state index >= 15 is 0 Å². The Morgan fingerprint density at radius 3 is 2.73 bits per heavy atom. The van der Waals surface area contributed by atoms with Crippen LogP contribution in [0.4, 0.5) is 5.69 Å². The van der Waals surface area contributed by atoms with Gasteiger partial charge in [-0.3, -0.25) is 14.7 Å². The monoisotopic (exact) mass is 426 g/mol. The lowest BCUT2D eigenvalue weighted by Crippen LogP contribution is -2.48. The van der Waals surface area contributed by atoms with E-state index in [4.69, 9.17) is 0 Å². The highest BCUT2D eigenvalue weighted by atomic mass is 35.5. The second kappa shape index (κ2) is 9.84. The number of carbonyl (C=O) groups excluding carboxylic acids is 1. The summed E-state index contributed by atoms with van der Waals surface area (Å²) in [6.45, 7) is 6.72. The van der Waals surface area contributed by atoms with Gasteiger partial charge in [-0.1, -0.05) is 24.3 Å². The highest BCUT2D eigenvalue weighted by Crippen LogP contribution is 2.24. The zero-order chi connectivity index (χ0) is 20.2. The first-order valence-electron chi connectivity index (χ1n) is 9.89. The lowest BCUT2D eigenvalue weighted by Gasteiger charge is -2.35. The van der Waals surface area contributed by atoms with E-state index in [0.29, 0.717) is 6.54 Å². The molecule has 1 aliphatic heterocycles. The molecule has 1 atom stereocenters. The highest BCUT2D eigenvalue weighted by molar-refractivity contribution is 5.93. The molecule has 0 spiro atoms. The van der Waals surface area contributed by atoms with Crippen LogP contribution < -0.4 is 10.6 Å². The average molecular weight is 427 g/mol. The van der Waals surface area contributed by atoms with Crippen LogP contribution in [-0.2, 0) is 4.79 Å². The number of aromatic nitrogens is 3. The number of aryl methyl sites for hydroxylation is 1. The molecule has 1 aromatic carbocycles. The smallest absolute Gasteiger partial charge is 0.238 e. The second-order valence-electron chi connectivity index (χ2n) is 7.32. The van der Waals surface area contributed by atoms with E-state index in [2.05, 4.69) is 31.7 Å². The number of carbonyl (C=O) groups is 1. The van der Waals surface area contributed by atoms with Crippen LogP contribution in [0, 0.1) is 13.8 Å². The molecule has 30 heavy (non-hydrogen) atoms. The fourth-order valence-electron chi connectivity index (χ4n) is 3.84. The first-order valence-corrected chi connectivity index (χ1v) is 9.89. The van der Waals surface area contributed by atoms with Gasteiger partial charge in [-0.2, -0.15) is 5.10 Å². The lowest BCUT2D eigenvalue weighted by atomic mass is 10.1. The Labute approximate surface area is 182 Å². The van der Waals surface area contributed by atoms with Crippen molar-refractivity contribution in [3.05, 3.63) is 71.8 Å². The normalized spacial score (nSPS) is 16.7. The molecule has 0 saturated carbocycles. The third-order valence-electron chi connectivity index (χ3n) is 5.33. The van der Waals surface area contributed by atoms with Gasteiger partial charge in [0.05, 0.1) is 29.3 Å². The molecule has 8 heteroatoms. The molecule has 0 bridgehead atoms. The first kappa shape index (κ1) is 22.0. The van der Waals surface area contributed by atoms with Crippen LogP contribution in [0.5, 0.6) is 0 Å². The molecule has 0 aliphatic carbocycles. The predicted molar refractivity (Wildman–Crippen MR) is 120 cm³/mol. The van der Waals surface area contributed by atoms with Crippen molar-refractivity contribution in [1.29, 1.82) is 0 Å². The number of rotatable bonds is 5. The van der Waals surface area contributed by atoms with Crippen LogP contribution in [0.15, 0.2) is 54.9 Å². The molecule has 7 nitrogen and oxygen atoms in total. The van der Waals surface area contributed by atoms with Crippen molar-refractivity contribution in [1.82, 2.24) is 25.0 Å². The Morgan fingerprint density at radius 1 is 1.20 bits per heavy atom. The summed E-state index contributed by atoms with van der Waals surface area (Å²) in [4.78, 5) is 19.3. The van der Waals surface area contributed by atoms with Crippen molar-refractivity contribution in [3.8, 4) is 5.69 Å². The number of amides is 1. The number of hydrogen-bond donors (Lipinski definition) is 2. The minimum atomic E-state index is -0.0281. The number of halogens is 1. The van der Waals surface area contributed by atoms with E-state index in [1.807, 2.05) is 61.1 Å². The molecule has 0 radical (unpaired) electrons. The van der Waals surface area contributed by atoms with Gasteiger partial charge in [-0.15, -0.1) is 12.4 Å². The predicted octanol–water partition coefficient (Wildman–Crippen LogP) is 2.89. The van der Waals surface area contributed by atoms with Crippen LogP contribution >= 0.6 is 12.4 Å². The number of benzene rings is 1. The number of anilines is 1. The summed E-state index contributed by atoms with van der Waals surface area (Å²) in [6, 6.07) is 14.1. The second-order valence-corrected chi connectivity index (χ2v) is 7.32. The van der Waals surface area contributed by atoms with Crippen molar-refractivity contribution in [2.24, 2.45) is 0 Å². The van der Waals surface area contributed by atoms with Gasteiger partial charge in [0.1, 0.15) is 0 Å². The van der Waals surface area contributed by atoms with E-state index in [1.165, 1.54) is 0 Å². The lowest BCUT2D eigenvalue weighted by molar-refractivity contribution is -0.118. The van der Waals surface area contributed by atoms with Gasteiger partial charge in [0.25, 0.3) is 0 Å². The number of para-hydroxylation sites is 1. The maximum Gasteiger partial charge on any atom is 0.238 e. The topological polar surface area (TPSA) is 75.1 Å². The average Bonchev–Trinajstić information content (AvgIpc) is 3.03. The fourth-order valence-corrected chi connectivity index (χ4v) is 3.84. The molecule has 1 unspecified atom stereocenters. The number of nitrogens with zero attached hydrogens (tertiary/aromatic N) is 4. The quantitative estimate of drug-likeness (QED) is 0.656. The molecule has 1 aliphatic rings. The van der Waals surface area contributed by atoms with Gasteiger partial charge >= 0.3 is 0 Å². The molecule has 1 saturated heterocycles. The van der Waals surface area contributed by atoms with Crippen LogP contribution in [0.3, 0.4) is 0 Å². The Kier molecular flexibility index (Phi) is 7.20. The Balaban J connectivity index is 0.00000256. The summed E-state index contributed by atoms with van der Waals surface area (Å²) in [5.74, 6) is -0.0281. The Bertz CT molecular complexity index is 976. The molecule has 4 rings (SSSR count). The van der Waals surface area contributed by atoms with Gasteiger partial charge in [0, 0.05) is 38.1 Å². The van der Waals surface area contributed by atoms with Gasteiger partial charge in [-0.25, -0.2) is 4.68 Å². The summed E-state index contributed by atoms with van der Waals surface area (Å²) in [6.07, 6.45) is 3.65. The zero-order valence-corrected chi connectivity index (χ0v) is 18.0. The summed E-state index contributed by atoms with van der Waals surface area (Å²) in [7, 11) is 0. The molecular weight excluding hydrogens is 400 g/mol. The fraction of sp³-hybridized carbons (Fsp3) is 0.318. The minimum Gasteiger partial charge on any atom is -0.322 e. The van der Waals surface area contributed by atoms with Gasteiger partial charge in [-0.05, 0) is 37.6 Å². The van der Waals surface area contributed by atoms with Crippen molar-refractivity contribution in [2.45, 2.75) is 19.9 Å². The maximum absolute atomic E-state index is 12.9. The van der Waals surface area contributed by atoms with Crippen molar-refractivity contribution in [2.75, 3.05) is 31.5 Å². The van der Waals surface area contributed by atoms with Crippen LogP contribution in [0.1, 0.15) is 23.0 Å². The molecule has 3 heterocycles.